The summed E-state index contributed by atoms with van der Waals surface area (Å²) < 4.78 is 37.5. The fourth-order valence-electron chi connectivity index (χ4n) is 3.23. The van der Waals surface area contributed by atoms with Crippen molar-refractivity contribution >= 4 is 6.03 Å². The highest BCUT2D eigenvalue weighted by atomic mass is 19.2. The molecule has 3 atom stereocenters. The first kappa shape index (κ1) is 18.0. The Balaban J connectivity index is 1.56. The van der Waals surface area contributed by atoms with E-state index in [-0.39, 0.29) is 24.1 Å². The van der Waals surface area contributed by atoms with Crippen molar-refractivity contribution < 1.29 is 23.0 Å². The molecule has 3 unspecified atom stereocenters. The molecule has 6 nitrogen and oxygen atoms in total. The Kier molecular flexibility index (Phi) is 6.17. The smallest absolute Gasteiger partial charge is 0.315 e. The molecule has 2 fully saturated rings. The van der Waals surface area contributed by atoms with E-state index in [0.717, 1.165) is 19.0 Å². The molecule has 0 saturated carbocycles. The molecule has 1 aromatic carbocycles. The monoisotopic (exact) mass is 355 g/mol. The number of piperidine rings is 1. The summed E-state index contributed by atoms with van der Waals surface area (Å²) in [5.41, 5.74) is 0.690. The zero-order valence-corrected chi connectivity index (χ0v) is 13.9. The van der Waals surface area contributed by atoms with Gasteiger partial charge in [-0.25, -0.2) is 13.6 Å². The third-order valence-corrected chi connectivity index (χ3v) is 4.55. The molecule has 0 aromatic heterocycles. The number of amides is 2. The van der Waals surface area contributed by atoms with Crippen molar-refractivity contribution in [1.82, 2.24) is 16.0 Å². The normalized spacial score (nSPS) is 26.9. The first-order valence-corrected chi connectivity index (χ1v) is 8.53. The third kappa shape index (κ3) is 4.87. The van der Waals surface area contributed by atoms with E-state index < -0.39 is 11.6 Å². The Labute approximate surface area is 145 Å². The van der Waals surface area contributed by atoms with Crippen LogP contribution in [0.1, 0.15) is 17.9 Å². The van der Waals surface area contributed by atoms with Gasteiger partial charge in [-0.05, 0) is 30.7 Å². The van der Waals surface area contributed by atoms with Gasteiger partial charge in [0.15, 0.2) is 11.6 Å². The minimum Gasteiger partial charge on any atom is -0.376 e. The molecular weight excluding hydrogens is 332 g/mol. The quantitative estimate of drug-likeness (QED) is 0.757. The summed E-state index contributed by atoms with van der Waals surface area (Å²) in [6, 6.07) is 3.40. The number of hydrogen-bond acceptors (Lipinski definition) is 4. The third-order valence-electron chi connectivity index (χ3n) is 4.55. The number of halogens is 2. The minimum absolute atomic E-state index is 0.0728. The fraction of sp³-hybridized carbons (Fsp3) is 0.588. The van der Waals surface area contributed by atoms with E-state index in [2.05, 4.69) is 16.0 Å². The molecule has 2 saturated heterocycles. The van der Waals surface area contributed by atoms with Crippen LogP contribution in [0, 0.1) is 11.6 Å². The number of ether oxygens (including phenoxy) is 2. The van der Waals surface area contributed by atoms with Gasteiger partial charge in [0.2, 0.25) is 0 Å². The van der Waals surface area contributed by atoms with Crippen LogP contribution in [0.4, 0.5) is 13.6 Å². The second-order valence-corrected chi connectivity index (χ2v) is 6.30. The number of rotatable bonds is 4. The second kappa shape index (κ2) is 8.55. The Bertz CT molecular complexity index is 597. The van der Waals surface area contributed by atoms with E-state index in [1.807, 2.05) is 0 Å². The average molecular weight is 355 g/mol. The van der Waals surface area contributed by atoms with Crippen molar-refractivity contribution in [1.29, 1.82) is 0 Å². The van der Waals surface area contributed by atoms with Gasteiger partial charge in [0.05, 0.1) is 25.9 Å². The summed E-state index contributed by atoms with van der Waals surface area (Å²) in [6.07, 6.45) is 0.584. The molecule has 0 spiro atoms. The summed E-state index contributed by atoms with van der Waals surface area (Å²) in [7, 11) is 0. The molecule has 2 heterocycles. The molecule has 138 valence electrons. The van der Waals surface area contributed by atoms with Gasteiger partial charge in [-0.1, -0.05) is 6.07 Å². The summed E-state index contributed by atoms with van der Waals surface area (Å²) in [5.74, 6) is -1.81. The van der Waals surface area contributed by atoms with E-state index >= 15 is 0 Å². The maximum absolute atomic E-state index is 13.5. The first-order chi connectivity index (χ1) is 12.1. The second-order valence-electron chi connectivity index (χ2n) is 6.30. The maximum Gasteiger partial charge on any atom is 0.315 e. The average Bonchev–Trinajstić information content (AvgIpc) is 2.64. The number of urea groups is 1. The van der Waals surface area contributed by atoms with Crippen LogP contribution in [0.2, 0.25) is 0 Å². The predicted octanol–water partition coefficient (Wildman–Crippen LogP) is 1.12. The van der Waals surface area contributed by atoms with Crippen molar-refractivity contribution in [3.05, 3.63) is 35.4 Å². The summed E-state index contributed by atoms with van der Waals surface area (Å²) in [5, 5.41) is 8.91. The van der Waals surface area contributed by atoms with Crippen molar-refractivity contribution in [3.8, 4) is 0 Å². The van der Waals surface area contributed by atoms with Crippen LogP contribution >= 0.6 is 0 Å². The van der Waals surface area contributed by atoms with Crippen molar-refractivity contribution in [2.24, 2.45) is 0 Å². The van der Waals surface area contributed by atoms with Gasteiger partial charge in [0, 0.05) is 25.0 Å². The number of nitrogens with one attached hydrogen (secondary N) is 3. The Morgan fingerprint density at radius 3 is 2.92 bits per heavy atom. The van der Waals surface area contributed by atoms with Gasteiger partial charge >= 0.3 is 6.03 Å². The largest absolute Gasteiger partial charge is 0.376 e. The Morgan fingerprint density at radius 2 is 2.16 bits per heavy atom. The minimum atomic E-state index is -0.867. The van der Waals surface area contributed by atoms with Crippen LogP contribution in [0.5, 0.6) is 0 Å². The highest BCUT2D eigenvalue weighted by Crippen LogP contribution is 2.26. The number of carbonyl (C=O) groups excluding carboxylic acids is 1. The zero-order chi connectivity index (χ0) is 17.6. The van der Waals surface area contributed by atoms with Crippen LogP contribution in [0.25, 0.3) is 0 Å². The van der Waals surface area contributed by atoms with E-state index in [1.165, 1.54) is 6.07 Å². The Morgan fingerprint density at radius 1 is 1.28 bits per heavy atom. The van der Waals surface area contributed by atoms with Crippen molar-refractivity contribution in [2.75, 3.05) is 39.5 Å². The predicted molar refractivity (Wildman–Crippen MR) is 87.5 cm³/mol. The number of carbonyl (C=O) groups is 1. The number of hydrogen-bond donors (Lipinski definition) is 3. The van der Waals surface area contributed by atoms with Gasteiger partial charge in [-0.3, -0.25) is 0 Å². The zero-order valence-electron chi connectivity index (χ0n) is 13.9. The molecule has 2 amide bonds. The first-order valence-electron chi connectivity index (χ1n) is 8.53. The van der Waals surface area contributed by atoms with Gasteiger partial charge in [0.1, 0.15) is 0 Å². The topological polar surface area (TPSA) is 71.6 Å². The van der Waals surface area contributed by atoms with Crippen molar-refractivity contribution in [3.63, 3.8) is 0 Å². The molecule has 3 rings (SSSR count). The van der Waals surface area contributed by atoms with Gasteiger partial charge in [0.25, 0.3) is 0 Å². The lowest BCUT2D eigenvalue weighted by atomic mass is 9.86. The van der Waals surface area contributed by atoms with E-state index in [9.17, 15) is 13.6 Å². The standard InChI is InChI=1S/C17H23F2N3O3/c18-14-2-1-11(7-15(14)19)13-3-4-20-9-16(13)22-17(23)21-8-12-10-24-5-6-25-12/h1-2,7,12-13,16,20H,3-6,8-10H2,(H2,21,22,23). The van der Waals surface area contributed by atoms with Gasteiger partial charge in [-0.2, -0.15) is 0 Å². The van der Waals surface area contributed by atoms with Crippen LogP contribution in [0.3, 0.4) is 0 Å². The van der Waals surface area contributed by atoms with Gasteiger partial charge in [-0.15, -0.1) is 0 Å². The van der Waals surface area contributed by atoms with Crippen LogP contribution < -0.4 is 16.0 Å². The summed E-state index contributed by atoms with van der Waals surface area (Å²) >= 11 is 0. The van der Waals surface area contributed by atoms with Gasteiger partial charge < -0.3 is 25.4 Å². The molecule has 2 aliphatic rings. The SMILES string of the molecule is O=C(NCC1COCCO1)NC1CNCCC1c1ccc(F)c(F)c1. The van der Waals surface area contributed by atoms with E-state index in [4.69, 9.17) is 9.47 Å². The Hall–Kier alpha value is -1.77. The molecule has 0 aliphatic carbocycles. The van der Waals surface area contributed by atoms with Crippen molar-refractivity contribution in [2.45, 2.75) is 24.5 Å². The molecular formula is C17H23F2N3O3. The number of benzene rings is 1. The summed E-state index contributed by atoms with van der Waals surface area (Å²) in [4.78, 5) is 12.2. The molecule has 2 aliphatic heterocycles. The van der Waals surface area contributed by atoms with Crippen LogP contribution in [0.15, 0.2) is 18.2 Å². The lowest BCUT2D eigenvalue weighted by Crippen LogP contribution is -2.53. The highest BCUT2D eigenvalue weighted by molar-refractivity contribution is 5.74. The molecule has 0 radical (unpaired) electrons. The van der Waals surface area contributed by atoms with Crippen LogP contribution in [-0.2, 0) is 9.47 Å². The maximum atomic E-state index is 13.5. The highest BCUT2D eigenvalue weighted by Gasteiger charge is 2.28. The van der Waals surface area contributed by atoms with Crippen LogP contribution in [-0.4, -0.2) is 57.6 Å². The molecule has 0 bridgehead atoms. The summed E-state index contributed by atoms with van der Waals surface area (Å²) in [6.45, 7) is 3.26. The molecule has 1 aromatic rings. The lowest BCUT2D eigenvalue weighted by Gasteiger charge is -2.33. The lowest BCUT2D eigenvalue weighted by molar-refractivity contribution is -0.0853. The molecule has 8 heteroatoms. The molecule has 3 N–H and O–H groups in total. The fourth-order valence-corrected chi connectivity index (χ4v) is 3.23. The molecule has 25 heavy (non-hydrogen) atoms. The van der Waals surface area contributed by atoms with E-state index in [1.54, 1.807) is 6.07 Å². The van der Waals surface area contributed by atoms with E-state index in [0.29, 0.717) is 38.5 Å².